The molecule has 0 fully saturated rings. The number of carbonyl (C=O) groups excluding carboxylic acids is 1. The maximum Gasteiger partial charge on any atom is 0.349 e. The van der Waals surface area contributed by atoms with E-state index in [0.717, 1.165) is 28.0 Å². The maximum absolute atomic E-state index is 12.6. The van der Waals surface area contributed by atoms with E-state index in [1.807, 2.05) is 42.5 Å². The number of carbonyl (C=O) groups is 1. The Morgan fingerprint density at radius 1 is 1.17 bits per heavy atom. The molecule has 0 spiro atoms. The average molecular weight is 415 g/mol. The molecule has 148 valence electrons. The van der Waals surface area contributed by atoms with Crippen LogP contribution in [0.3, 0.4) is 0 Å². The highest BCUT2D eigenvalue weighted by molar-refractivity contribution is 7.20. The third-order valence-electron chi connectivity index (χ3n) is 4.79. The van der Waals surface area contributed by atoms with Crippen molar-refractivity contribution in [1.82, 2.24) is 9.97 Å². The fourth-order valence-electron chi connectivity index (χ4n) is 3.27. The summed E-state index contributed by atoms with van der Waals surface area (Å²) in [6, 6.07) is 17.1. The molecule has 2 heterocycles. The van der Waals surface area contributed by atoms with Crippen LogP contribution in [0.25, 0.3) is 21.3 Å². The molecular weight excluding hydrogens is 398 g/mol. The number of ether oxygens (including phenoxy) is 1. The monoisotopic (exact) mass is 415 g/mol. The maximum atomic E-state index is 12.6. The Bertz CT molecular complexity index is 1360. The van der Waals surface area contributed by atoms with Crippen molar-refractivity contribution in [3.8, 4) is 17.2 Å². The van der Waals surface area contributed by atoms with E-state index in [4.69, 9.17) is 4.74 Å². The largest absolute Gasteiger partial charge is 0.457 e. The third-order valence-corrected chi connectivity index (χ3v) is 5.95. The predicted octanol–water partition coefficient (Wildman–Crippen LogP) is 4.50. The number of aromatic nitrogens is 2. The standard InChI is InChI=1S/C23H17N3O3S/c1-13-19-21(27)25-14(2)26-22(19)30-20(13)23(28)29-12-15-7-9-16(10-8-15)18-6-4-3-5-17(18)11-24/h3-10H,12H2,1-2H3,(H,25,26,27). The molecule has 6 nitrogen and oxygen atoms in total. The van der Waals surface area contributed by atoms with Crippen LogP contribution in [0.15, 0.2) is 53.3 Å². The van der Waals surface area contributed by atoms with Gasteiger partial charge in [-0.2, -0.15) is 5.26 Å². The number of nitrogens with one attached hydrogen (secondary N) is 1. The summed E-state index contributed by atoms with van der Waals surface area (Å²) in [5, 5.41) is 9.69. The molecule has 0 radical (unpaired) electrons. The van der Waals surface area contributed by atoms with Crippen LogP contribution in [0.2, 0.25) is 0 Å². The number of nitriles is 1. The summed E-state index contributed by atoms with van der Waals surface area (Å²) < 4.78 is 5.46. The number of benzene rings is 2. The van der Waals surface area contributed by atoms with Gasteiger partial charge in [0.05, 0.1) is 17.0 Å². The van der Waals surface area contributed by atoms with Crippen LogP contribution in [-0.4, -0.2) is 15.9 Å². The van der Waals surface area contributed by atoms with Gasteiger partial charge in [-0.1, -0.05) is 42.5 Å². The highest BCUT2D eigenvalue weighted by Gasteiger charge is 2.20. The van der Waals surface area contributed by atoms with E-state index in [9.17, 15) is 14.9 Å². The molecule has 0 aliphatic carbocycles. The Balaban J connectivity index is 1.52. The van der Waals surface area contributed by atoms with Crippen molar-refractivity contribution in [3.05, 3.63) is 86.3 Å². The summed E-state index contributed by atoms with van der Waals surface area (Å²) >= 11 is 1.16. The summed E-state index contributed by atoms with van der Waals surface area (Å²) in [4.78, 5) is 32.6. The summed E-state index contributed by atoms with van der Waals surface area (Å²) in [6.45, 7) is 3.53. The Labute approximate surface area is 176 Å². The van der Waals surface area contributed by atoms with Crippen molar-refractivity contribution in [2.45, 2.75) is 20.5 Å². The van der Waals surface area contributed by atoms with Crippen molar-refractivity contribution >= 4 is 27.5 Å². The lowest BCUT2D eigenvalue weighted by molar-refractivity contribution is 0.0478. The van der Waals surface area contributed by atoms with Crippen molar-refractivity contribution in [2.75, 3.05) is 0 Å². The van der Waals surface area contributed by atoms with Gasteiger partial charge in [0, 0.05) is 0 Å². The minimum absolute atomic E-state index is 0.107. The molecule has 0 saturated carbocycles. The zero-order valence-electron chi connectivity index (χ0n) is 16.4. The van der Waals surface area contributed by atoms with E-state index >= 15 is 0 Å². The highest BCUT2D eigenvalue weighted by Crippen LogP contribution is 2.28. The molecule has 0 atom stereocenters. The zero-order valence-corrected chi connectivity index (χ0v) is 17.2. The van der Waals surface area contributed by atoms with Gasteiger partial charge in [-0.15, -0.1) is 11.3 Å². The normalized spacial score (nSPS) is 10.7. The Hall–Kier alpha value is -3.76. The van der Waals surface area contributed by atoms with Crippen molar-refractivity contribution < 1.29 is 9.53 Å². The number of nitrogens with zero attached hydrogens (tertiary/aromatic N) is 2. The molecule has 2 aromatic carbocycles. The quantitative estimate of drug-likeness (QED) is 0.495. The van der Waals surface area contributed by atoms with E-state index in [-0.39, 0.29) is 12.2 Å². The number of hydrogen-bond acceptors (Lipinski definition) is 6. The first-order valence-electron chi connectivity index (χ1n) is 9.23. The molecule has 0 aliphatic rings. The number of hydrogen-bond donors (Lipinski definition) is 1. The second kappa shape index (κ2) is 7.93. The number of esters is 1. The smallest absolute Gasteiger partial charge is 0.349 e. The van der Waals surface area contributed by atoms with Gasteiger partial charge in [0.25, 0.3) is 5.56 Å². The SMILES string of the molecule is Cc1nc2sc(C(=O)OCc3ccc(-c4ccccc4C#N)cc3)c(C)c2c(=O)[nH]1. The van der Waals surface area contributed by atoms with Crippen molar-refractivity contribution in [3.63, 3.8) is 0 Å². The molecule has 1 N–H and O–H groups in total. The Kier molecular flexibility index (Phi) is 5.17. The van der Waals surface area contributed by atoms with E-state index in [0.29, 0.717) is 32.0 Å². The van der Waals surface area contributed by atoms with Crippen LogP contribution in [0.5, 0.6) is 0 Å². The van der Waals surface area contributed by atoms with Gasteiger partial charge in [0.2, 0.25) is 0 Å². The van der Waals surface area contributed by atoms with Crippen LogP contribution >= 0.6 is 11.3 Å². The second-order valence-corrected chi connectivity index (χ2v) is 7.82. The van der Waals surface area contributed by atoms with Gasteiger partial charge < -0.3 is 9.72 Å². The van der Waals surface area contributed by atoms with Gasteiger partial charge in [-0.05, 0) is 42.2 Å². The highest BCUT2D eigenvalue weighted by atomic mass is 32.1. The summed E-state index contributed by atoms with van der Waals surface area (Å²) in [5.41, 5.74) is 3.54. The minimum Gasteiger partial charge on any atom is -0.457 e. The van der Waals surface area contributed by atoms with Crippen molar-refractivity contribution in [1.29, 1.82) is 5.26 Å². The van der Waals surface area contributed by atoms with Crippen LogP contribution in [0, 0.1) is 25.2 Å². The first-order chi connectivity index (χ1) is 14.5. The Morgan fingerprint density at radius 3 is 2.63 bits per heavy atom. The molecule has 30 heavy (non-hydrogen) atoms. The lowest BCUT2D eigenvalue weighted by Crippen LogP contribution is -2.10. The fourth-order valence-corrected chi connectivity index (χ4v) is 4.39. The first kappa shape index (κ1) is 19.6. The van der Waals surface area contributed by atoms with E-state index in [2.05, 4.69) is 16.0 Å². The second-order valence-electron chi connectivity index (χ2n) is 6.82. The van der Waals surface area contributed by atoms with Gasteiger partial charge in [-0.3, -0.25) is 4.79 Å². The van der Waals surface area contributed by atoms with E-state index < -0.39 is 5.97 Å². The molecule has 4 aromatic rings. The minimum atomic E-state index is -0.480. The van der Waals surface area contributed by atoms with Crippen LogP contribution in [0.1, 0.15) is 32.2 Å². The van der Waals surface area contributed by atoms with Crippen LogP contribution in [-0.2, 0) is 11.3 Å². The molecule has 7 heteroatoms. The van der Waals surface area contributed by atoms with Gasteiger partial charge >= 0.3 is 5.97 Å². The number of aryl methyl sites for hydroxylation is 2. The molecule has 0 saturated heterocycles. The van der Waals surface area contributed by atoms with Crippen LogP contribution in [0.4, 0.5) is 0 Å². The Morgan fingerprint density at radius 2 is 1.90 bits per heavy atom. The molecule has 0 aliphatic heterocycles. The zero-order chi connectivity index (χ0) is 21.3. The third kappa shape index (κ3) is 3.61. The van der Waals surface area contributed by atoms with E-state index in [1.54, 1.807) is 19.9 Å². The van der Waals surface area contributed by atoms with Crippen LogP contribution < -0.4 is 5.56 Å². The molecule has 0 amide bonds. The summed E-state index contributed by atoms with van der Waals surface area (Å²) in [5.74, 6) is 0.0261. The number of thiophene rings is 1. The molecule has 0 unspecified atom stereocenters. The van der Waals surface area contributed by atoms with Gasteiger partial charge in [-0.25, -0.2) is 9.78 Å². The fraction of sp³-hybridized carbons (Fsp3) is 0.130. The number of rotatable bonds is 4. The lowest BCUT2D eigenvalue weighted by Gasteiger charge is -2.07. The number of H-pyrrole nitrogens is 1. The lowest BCUT2D eigenvalue weighted by atomic mass is 9.99. The topological polar surface area (TPSA) is 95.8 Å². The summed E-state index contributed by atoms with van der Waals surface area (Å²) in [6.07, 6.45) is 0. The molecule has 4 rings (SSSR count). The molecule has 2 aromatic heterocycles. The van der Waals surface area contributed by atoms with E-state index in [1.165, 1.54) is 0 Å². The molecule has 0 bridgehead atoms. The first-order valence-corrected chi connectivity index (χ1v) is 10.0. The number of aromatic amines is 1. The molecular formula is C23H17N3O3S. The summed E-state index contributed by atoms with van der Waals surface area (Å²) in [7, 11) is 0. The van der Waals surface area contributed by atoms with Crippen molar-refractivity contribution in [2.24, 2.45) is 0 Å². The number of fused-ring (bicyclic) bond motifs is 1. The van der Waals surface area contributed by atoms with Gasteiger partial charge in [0.15, 0.2) is 0 Å². The average Bonchev–Trinajstić information content (AvgIpc) is 3.08. The predicted molar refractivity (Wildman–Crippen MR) is 115 cm³/mol. The van der Waals surface area contributed by atoms with Gasteiger partial charge in [0.1, 0.15) is 22.1 Å².